The Morgan fingerprint density at radius 3 is 2.81 bits per heavy atom. The monoisotopic (exact) mass is 419 g/mol. The fourth-order valence-electron chi connectivity index (χ4n) is 2.67. The lowest BCUT2D eigenvalue weighted by molar-refractivity contribution is 0.222. The molecule has 0 saturated carbocycles. The molecule has 0 unspecified atom stereocenters. The second kappa shape index (κ2) is 8.81. The van der Waals surface area contributed by atoms with Gasteiger partial charge in [0, 0.05) is 43.8 Å². The van der Waals surface area contributed by atoms with Gasteiger partial charge in [0.2, 0.25) is 5.95 Å². The molecule has 2 heterocycles. The first-order chi connectivity index (χ1) is 12.7. The zero-order valence-electron chi connectivity index (χ0n) is 14.3. The summed E-state index contributed by atoms with van der Waals surface area (Å²) >= 11 is 3.41. The number of nitrogens with two attached hydrogens (primary N) is 1. The van der Waals surface area contributed by atoms with Crippen molar-refractivity contribution in [2.24, 2.45) is 5.73 Å². The summed E-state index contributed by atoms with van der Waals surface area (Å²) in [5, 5.41) is 9.21. The molecule has 1 aromatic heterocycles. The molecule has 0 radical (unpaired) electrons. The van der Waals surface area contributed by atoms with Crippen molar-refractivity contribution in [3.8, 4) is 0 Å². The summed E-state index contributed by atoms with van der Waals surface area (Å²) in [4.78, 5) is 22.7. The average molecular weight is 420 g/mol. The Bertz CT molecular complexity index is 765. The minimum absolute atomic E-state index is 0.0622. The highest BCUT2D eigenvalue weighted by Gasteiger charge is 2.17. The first kappa shape index (κ1) is 18.4. The first-order valence-electron chi connectivity index (χ1n) is 8.55. The minimum atomic E-state index is -0.0622. The summed E-state index contributed by atoms with van der Waals surface area (Å²) in [5.74, 6) is 1.13. The quantitative estimate of drug-likeness (QED) is 0.572. The van der Waals surface area contributed by atoms with Gasteiger partial charge in [0.1, 0.15) is 5.82 Å². The van der Waals surface area contributed by atoms with Crippen molar-refractivity contribution in [3.05, 3.63) is 34.9 Å². The molecule has 8 nitrogen and oxygen atoms in total. The summed E-state index contributed by atoms with van der Waals surface area (Å²) in [5.41, 5.74) is 7.03. The van der Waals surface area contributed by atoms with E-state index in [0.29, 0.717) is 24.9 Å². The topological polar surface area (TPSA) is 108 Å². The van der Waals surface area contributed by atoms with Crippen LogP contribution in [0.5, 0.6) is 0 Å². The number of carbonyl (C=O) groups is 1. The number of halogens is 1. The predicted octanol–water partition coefficient (Wildman–Crippen LogP) is 2.98. The number of nitrogens with zero attached hydrogens (tertiary/aromatic N) is 3. The molecule has 2 amide bonds. The molecule has 0 spiro atoms. The van der Waals surface area contributed by atoms with Gasteiger partial charge in [0.25, 0.3) is 0 Å². The number of aromatic nitrogens is 2. The van der Waals surface area contributed by atoms with Crippen LogP contribution in [0, 0.1) is 0 Å². The van der Waals surface area contributed by atoms with Crippen LogP contribution in [0.4, 0.5) is 27.9 Å². The van der Waals surface area contributed by atoms with Crippen LogP contribution >= 0.6 is 15.9 Å². The van der Waals surface area contributed by atoms with Crippen LogP contribution in [-0.4, -0.2) is 47.1 Å². The van der Waals surface area contributed by atoms with Gasteiger partial charge in [-0.1, -0.05) is 6.07 Å². The molecular formula is C17H22BrN7O. The van der Waals surface area contributed by atoms with E-state index in [1.165, 1.54) is 0 Å². The Kier molecular flexibility index (Phi) is 6.24. The highest BCUT2D eigenvalue weighted by atomic mass is 79.9. The molecule has 1 saturated heterocycles. The molecule has 2 aromatic rings. The van der Waals surface area contributed by atoms with Gasteiger partial charge in [-0.3, -0.25) is 0 Å². The normalized spacial score (nSPS) is 13.5. The van der Waals surface area contributed by atoms with Gasteiger partial charge in [0.05, 0.1) is 4.47 Å². The molecule has 26 heavy (non-hydrogen) atoms. The van der Waals surface area contributed by atoms with Crippen molar-refractivity contribution < 1.29 is 4.79 Å². The number of likely N-dealkylation sites (tertiary alicyclic amines) is 1. The number of carbonyl (C=O) groups excluding carboxylic acids is 1. The number of urea groups is 1. The average Bonchev–Trinajstić information content (AvgIpc) is 3.17. The smallest absolute Gasteiger partial charge is 0.321 e. The third-order valence-electron chi connectivity index (χ3n) is 3.94. The number of amides is 2. The molecule has 9 heteroatoms. The lowest BCUT2D eigenvalue weighted by Gasteiger charge is -2.16. The predicted molar refractivity (Wildman–Crippen MR) is 107 cm³/mol. The van der Waals surface area contributed by atoms with Crippen molar-refractivity contribution in [1.82, 2.24) is 14.9 Å². The van der Waals surface area contributed by atoms with Gasteiger partial charge < -0.3 is 26.6 Å². The second-order valence-electron chi connectivity index (χ2n) is 5.94. The van der Waals surface area contributed by atoms with Crippen molar-refractivity contribution in [1.29, 1.82) is 0 Å². The lowest BCUT2D eigenvalue weighted by atomic mass is 10.3. The van der Waals surface area contributed by atoms with Crippen LogP contribution in [0.3, 0.4) is 0 Å². The molecule has 138 valence electrons. The maximum Gasteiger partial charge on any atom is 0.321 e. The Balaban J connectivity index is 1.67. The Hall–Kier alpha value is -2.39. The number of rotatable bonds is 6. The molecule has 0 aliphatic carbocycles. The van der Waals surface area contributed by atoms with Crippen LogP contribution in [0.2, 0.25) is 0 Å². The zero-order chi connectivity index (χ0) is 18.4. The fraction of sp³-hybridized carbons (Fsp3) is 0.353. The van der Waals surface area contributed by atoms with Crippen LogP contribution in [0.25, 0.3) is 0 Å². The SMILES string of the molecule is NCCNc1nc(Nc2cccc(NC(=O)N3CCCC3)c2)ncc1Br. The van der Waals surface area contributed by atoms with Crippen LogP contribution in [-0.2, 0) is 0 Å². The Labute approximate surface area is 160 Å². The van der Waals surface area contributed by atoms with Gasteiger partial charge in [0.15, 0.2) is 0 Å². The van der Waals surface area contributed by atoms with E-state index in [9.17, 15) is 4.79 Å². The number of benzene rings is 1. The van der Waals surface area contributed by atoms with E-state index in [0.717, 1.165) is 41.8 Å². The Morgan fingerprint density at radius 1 is 1.27 bits per heavy atom. The summed E-state index contributed by atoms with van der Waals surface area (Å²) in [6.07, 6.45) is 3.81. The third-order valence-corrected chi connectivity index (χ3v) is 4.52. The summed E-state index contributed by atoms with van der Waals surface area (Å²) in [6.45, 7) is 2.76. The van der Waals surface area contributed by atoms with E-state index in [-0.39, 0.29) is 6.03 Å². The number of anilines is 4. The summed E-state index contributed by atoms with van der Waals surface area (Å²) < 4.78 is 0.767. The van der Waals surface area contributed by atoms with Gasteiger partial charge in [-0.2, -0.15) is 4.98 Å². The highest BCUT2D eigenvalue weighted by molar-refractivity contribution is 9.10. The van der Waals surface area contributed by atoms with E-state index in [2.05, 4.69) is 41.8 Å². The molecule has 3 rings (SSSR count). The number of hydrogen-bond donors (Lipinski definition) is 4. The van der Waals surface area contributed by atoms with Crippen LogP contribution in [0.15, 0.2) is 34.9 Å². The summed E-state index contributed by atoms with van der Waals surface area (Å²) in [7, 11) is 0. The number of hydrogen-bond acceptors (Lipinski definition) is 6. The van der Waals surface area contributed by atoms with Crippen LogP contribution < -0.4 is 21.7 Å². The largest absolute Gasteiger partial charge is 0.368 e. The van der Waals surface area contributed by atoms with Gasteiger partial charge in [-0.25, -0.2) is 9.78 Å². The van der Waals surface area contributed by atoms with E-state index in [1.54, 1.807) is 6.20 Å². The second-order valence-corrected chi connectivity index (χ2v) is 6.79. The minimum Gasteiger partial charge on any atom is -0.368 e. The van der Waals surface area contributed by atoms with E-state index in [4.69, 9.17) is 5.73 Å². The maximum atomic E-state index is 12.2. The van der Waals surface area contributed by atoms with Crippen LogP contribution in [0.1, 0.15) is 12.8 Å². The zero-order valence-corrected chi connectivity index (χ0v) is 15.9. The number of nitrogens with one attached hydrogen (secondary N) is 3. The highest BCUT2D eigenvalue weighted by Crippen LogP contribution is 2.23. The Morgan fingerprint density at radius 2 is 2.04 bits per heavy atom. The fourth-order valence-corrected chi connectivity index (χ4v) is 3.00. The van der Waals surface area contributed by atoms with Gasteiger partial charge in [-0.15, -0.1) is 0 Å². The van der Waals surface area contributed by atoms with Crippen molar-refractivity contribution in [3.63, 3.8) is 0 Å². The van der Waals surface area contributed by atoms with Gasteiger partial charge in [-0.05, 0) is 47.0 Å². The molecule has 0 atom stereocenters. The van der Waals surface area contributed by atoms with Crippen molar-refractivity contribution >= 4 is 45.1 Å². The molecule has 1 aliphatic rings. The molecule has 1 aliphatic heterocycles. The summed E-state index contributed by atoms with van der Waals surface area (Å²) in [6, 6.07) is 7.41. The first-order valence-corrected chi connectivity index (χ1v) is 9.34. The molecule has 1 aromatic carbocycles. The third kappa shape index (κ3) is 4.83. The molecule has 1 fully saturated rings. The standard InChI is InChI=1S/C17H22BrN7O/c18-14-11-21-16(24-15(14)20-7-6-19)22-12-4-3-5-13(10-12)23-17(26)25-8-1-2-9-25/h3-5,10-11H,1-2,6-9,19H2,(H,23,26)(H2,20,21,22,24). The molecule has 5 N–H and O–H groups in total. The molecular weight excluding hydrogens is 398 g/mol. The molecule has 0 bridgehead atoms. The van der Waals surface area contributed by atoms with Gasteiger partial charge >= 0.3 is 6.03 Å². The van der Waals surface area contributed by atoms with E-state index in [1.807, 2.05) is 29.2 Å². The van der Waals surface area contributed by atoms with E-state index >= 15 is 0 Å². The van der Waals surface area contributed by atoms with E-state index < -0.39 is 0 Å². The maximum absolute atomic E-state index is 12.2. The van der Waals surface area contributed by atoms with Crippen molar-refractivity contribution in [2.75, 3.05) is 42.1 Å². The van der Waals surface area contributed by atoms with Crippen molar-refractivity contribution in [2.45, 2.75) is 12.8 Å². The lowest BCUT2D eigenvalue weighted by Crippen LogP contribution is -2.32.